The second-order valence-electron chi connectivity index (χ2n) is 9.83. The van der Waals surface area contributed by atoms with E-state index >= 15 is 0 Å². The smallest absolute Gasteiger partial charge is 0.249 e. The highest BCUT2D eigenvalue weighted by Gasteiger charge is 2.74. The summed E-state index contributed by atoms with van der Waals surface area (Å²) in [7, 11) is 0. The molecule has 182 valence electrons. The molecule has 8 heteroatoms. The highest BCUT2D eigenvalue weighted by molar-refractivity contribution is 6.00. The van der Waals surface area contributed by atoms with Gasteiger partial charge in [-0.15, -0.1) is 0 Å². The Morgan fingerprint density at radius 1 is 0.909 bits per heavy atom. The number of ether oxygens (including phenoxy) is 1. The van der Waals surface area contributed by atoms with Gasteiger partial charge in [-0.3, -0.25) is 14.4 Å². The van der Waals surface area contributed by atoms with Gasteiger partial charge in [0.2, 0.25) is 17.7 Å². The number of carbonyl (C=O) groups excluding carboxylic acids is 3. The van der Waals surface area contributed by atoms with E-state index in [2.05, 4.69) is 6.92 Å². The van der Waals surface area contributed by atoms with Crippen LogP contribution in [-0.4, -0.2) is 94.1 Å². The summed E-state index contributed by atoms with van der Waals surface area (Å²) in [6.45, 7) is 8.34. The summed E-state index contributed by atoms with van der Waals surface area (Å²) in [6.07, 6.45) is 10.7. The number of hydrogen-bond acceptors (Lipinski definition) is 5. The Labute approximate surface area is 196 Å². The number of aliphatic hydroxyl groups excluding tert-OH is 1. The maximum absolute atomic E-state index is 13.9. The molecule has 3 amide bonds. The Morgan fingerprint density at radius 3 is 2.27 bits per heavy atom. The molecule has 2 saturated heterocycles. The van der Waals surface area contributed by atoms with Crippen LogP contribution < -0.4 is 0 Å². The summed E-state index contributed by atoms with van der Waals surface area (Å²) in [6, 6.07) is -0.832. The third-order valence-corrected chi connectivity index (χ3v) is 7.56. The molecule has 2 fully saturated rings. The SMILES string of the molecule is CCCCN1CC=C[C@]23O[C@@]4(C)C=CCN(CCC)C(=O)[C@H]4[C@H]2C(=O)N(CCCO)C3C1=O. The lowest BCUT2D eigenvalue weighted by atomic mass is 9.74. The van der Waals surface area contributed by atoms with Crippen LogP contribution in [0, 0.1) is 11.8 Å². The van der Waals surface area contributed by atoms with Crippen molar-refractivity contribution in [3.05, 3.63) is 24.3 Å². The van der Waals surface area contributed by atoms with Crippen LogP contribution in [0.3, 0.4) is 0 Å². The molecule has 0 aliphatic carbocycles. The number of nitrogens with zero attached hydrogens (tertiary/aromatic N) is 3. The van der Waals surface area contributed by atoms with E-state index in [9.17, 15) is 19.5 Å². The minimum atomic E-state index is -1.20. The lowest BCUT2D eigenvalue weighted by Gasteiger charge is -2.37. The molecule has 4 aliphatic heterocycles. The predicted molar refractivity (Wildman–Crippen MR) is 123 cm³/mol. The zero-order valence-electron chi connectivity index (χ0n) is 20.0. The first kappa shape index (κ1) is 24.0. The largest absolute Gasteiger partial charge is 0.396 e. The van der Waals surface area contributed by atoms with Crippen LogP contribution in [0.1, 0.15) is 46.5 Å². The summed E-state index contributed by atoms with van der Waals surface area (Å²) in [5.74, 6) is -1.92. The fraction of sp³-hybridized carbons (Fsp3) is 0.720. The van der Waals surface area contributed by atoms with E-state index in [1.165, 1.54) is 0 Å². The van der Waals surface area contributed by atoms with Gasteiger partial charge in [-0.2, -0.15) is 0 Å². The molecular weight excluding hydrogens is 422 g/mol. The lowest BCUT2D eigenvalue weighted by Crippen LogP contribution is -2.56. The zero-order valence-corrected chi connectivity index (χ0v) is 20.0. The van der Waals surface area contributed by atoms with Gasteiger partial charge in [-0.25, -0.2) is 0 Å². The molecule has 0 aromatic carbocycles. The standard InChI is InChI=1S/C25H37N3O5/c1-4-6-13-27-15-8-11-25-19(22(31)28(16-9-17-29)20(25)23(27)32)18-21(30)26(12-5-2)14-7-10-24(18,3)33-25/h7-8,10-11,18-20,29H,4-6,9,12-17H2,1-3H3/t18-,19+,20?,24+,25+/m1/s1. The highest BCUT2D eigenvalue weighted by atomic mass is 16.5. The fourth-order valence-electron chi connectivity index (χ4n) is 6.12. The van der Waals surface area contributed by atoms with Gasteiger partial charge in [-0.1, -0.05) is 44.6 Å². The Bertz CT molecular complexity index is 857. The molecule has 33 heavy (non-hydrogen) atoms. The summed E-state index contributed by atoms with van der Waals surface area (Å²) in [5, 5.41) is 9.45. The average molecular weight is 460 g/mol. The lowest BCUT2D eigenvalue weighted by molar-refractivity contribution is -0.152. The number of rotatable bonds is 8. The summed E-state index contributed by atoms with van der Waals surface area (Å²) >= 11 is 0. The Hall–Kier alpha value is -2.19. The molecule has 1 N–H and O–H groups in total. The van der Waals surface area contributed by atoms with Crippen molar-refractivity contribution in [2.45, 2.75) is 63.7 Å². The third-order valence-electron chi connectivity index (χ3n) is 7.56. The summed E-state index contributed by atoms with van der Waals surface area (Å²) < 4.78 is 6.74. The second-order valence-corrected chi connectivity index (χ2v) is 9.83. The van der Waals surface area contributed by atoms with Gasteiger partial charge in [0.05, 0.1) is 17.4 Å². The average Bonchev–Trinajstić information content (AvgIpc) is 3.05. The maximum atomic E-state index is 13.9. The number of carbonyl (C=O) groups is 3. The van der Waals surface area contributed by atoms with Crippen molar-refractivity contribution in [2.24, 2.45) is 11.8 Å². The van der Waals surface area contributed by atoms with Gasteiger partial charge in [0.25, 0.3) is 0 Å². The molecule has 1 spiro atoms. The Kier molecular flexibility index (Phi) is 6.69. The van der Waals surface area contributed by atoms with E-state index in [4.69, 9.17) is 4.74 Å². The fourth-order valence-corrected chi connectivity index (χ4v) is 6.12. The predicted octanol–water partition coefficient (Wildman–Crippen LogP) is 1.35. The van der Waals surface area contributed by atoms with E-state index in [1.807, 2.05) is 38.2 Å². The summed E-state index contributed by atoms with van der Waals surface area (Å²) in [5.41, 5.74) is -2.16. The third kappa shape index (κ3) is 3.71. The molecule has 4 aliphatic rings. The van der Waals surface area contributed by atoms with Crippen molar-refractivity contribution in [3.8, 4) is 0 Å². The number of aliphatic hydroxyl groups is 1. The van der Waals surface area contributed by atoms with Crippen molar-refractivity contribution in [2.75, 3.05) is 39.3 Å². The molecule has 5 atom stereocenters. The van der Waals surface area contributed by atoms with E-state index in [-0.39, 0.29) is 30.9 Å². The minimum absolute atomic E-state index is 0.0777. The maximum Gasteiger partial charge on any atom is 0.249 e. The quantitative estimate of drug-likeness (QED) is 0.554. The first-order valence-corrected chi connectivity index (χ1v) is 12.4. The molecule has 8 nitrogen and oxygen atoms in total. The van der Waals surface area contributed by atoms with Gasteiger partial charge in [0.15, 0.2) is 0 Å². The number of likely N-dealkylation sites (tertiary alicyclic amines) is 1. The van der Waals surface area contributed by atoms with Crippen molar-refractivity contribution >= 4 is 17.7 Å². The molecule has 0 bridgehead atoms. The van der Waals surface area contributed by atoms with Crippen LogP contribution in [-0.2, 0) is 19.1 Å². The molecule has 4 rings (SSSR count). The molecular formula is C25H37N3O5. The van der Waals surface area contributed by atoms with E-state index in [1.54, 1.807) is 14.7 Å². The topological polar surface area (TPSA) is 90.4 Å². The minimum Gasteiger partial charge on any atom is -0.396 e. The molecule has 0 radical (unpaired) electrons. The monoisotopic (exact) mass is 459 g/mol. The van der Waals surface area contributed by atoms with Crippen molar-refractivity contribution in [3.63, 3.8) is 0 Å². The molecule has 0 saturated carbocycles. The van der Waals surface area contributed by atoms with Crippen LogP contribution in [0.4, 0.5) is 0 Å². The van der Waals surface area contributed by atoms with Crippen LogP contribution in [0.5, 0.6) is 0 Å². The number of unbranched alkanes of at least 4 members (excludes halogenated alkanes) is 1. The van der Waals surface area contributed by atoms with Crippen LogP contribution >= 0.6 is 0 Å². The molecule has 0 aromatic rings. The van der Waals surface area contributed by atoms with Crippen LogP contribution in [0.2, 0.25) is 0 Å². The van der Waals surface area contributed by atoms with Gasteiger partial charge >= 0.3 is 0 Å². The van der Waals surface area contributed by atoms with E-state index < -0.39 is 29.1 Å². The Balaban J connectivity index is 1.80. The highest BCUT2D eigenvalue weighted by Crippen LogP contribution is 2.57. The number of amides is 3. The van der Waals surface area contributed by atoms with Crippen LogP contribution in [0.25, 0.3) is 0 Å². The normalized spacial score (nSPS) is 35.6. The van der Waals surface area contributed by atoms with E-state index in [0.717, 1.165) is 19.3 Å². The van der Waals surface area contributed by atoms with Gasteiger partial charge < -0.3 is 24.5 Å². The van der Waals surface area contributed by atoms with Gasteiger partial charge in [0.1, 0.15) is 11.6 Å². The zero-order chi connectivity index (χ0) is 23.8. The van der Waals surface area contributed by atoms with Gasteiger partial charge in [0, 0.05) is 39.3 Å². The molecule has 0 aromatic heterocycles. The van der Waals surface area contributed by atoms with Crippen molar-refractivity contribution in [1.82, 2.24) is 14.7 Å². The van der Waals surface area contributed by atoms with Crippen LogP contribution in [0.15, 0.2) is 24.3 Å². The first-order valence-electron chi connectivity index (χ1n) is 12.4. The summed E-state index contributed by atoms with van der Waals surface area (Å²) in [4.78, 5) is 46.7. The molecule has 4 heterocycles. The molecule has 1 unspecified atom stereocenters. The van der Waals surface area contributed by atoms with Crippen molar-refractivity contribution < 1.29 is 24.2 Å². The van der Waals surface area contributed by atoms with E-state index in [0.29, 0.717) is 32.6 Å². The number of hydrogen-bond donors (Lipinski definition) is 1. The second kappa shape index (κ2) is 9.22. The first-order chi connectivity index (χ1) is 15.8. The number of fused-ring (bicyclic) bond motifs is 2. The van der Waals surface area contributed by atoms with Crippen molar-refractivity contribution in [1.29, 1.82) is 0 Å². The van der Waals surface area contributed by atoms with Gasteiger partial charge in [-0.05, 0) is 26.2 Å². The Morgan fingerprint density at radius 2 is 1.61 bits per heavy atom.